The average molecular weight is 294 g/mol. The van der Waals surface area contributed by atoms with E-state index in [4.69, 9.17) is 21.3 Å². The molecule has 0 aromatic heterocycles. The summed E-state index contributed by atoms with van der Waals surface area (Å²) in [6.07, 6.45) is 8.43. The molecule has 2 rings (SSSR count). The summed E-state index contributed by atoms with van der Waals surface area (Å²) in [5.41, 5.74) is 2.25. The molecule has 0 amide bonds. The number of fused-ring (bicyclic) bond motifs is 1. The van der Waals surface area contributed by atoms with Gasteiger partial charge in [0.05, 0.1) is 6.61 Å². The van der Waals surface area contributed by atoms with Crippen LogP contribution in [0.25, 0.3) is 0 Å². The fourth-order valence-electron chi connectivity index (χ4n) is 2.50. The first-order chi connectivity index (χ1) is 9.81. The third-order valence-electron chi connectivity index (χ3n) is 3.63. The largest absolute Gasteiger partial charge is 0.493 e. The molecule has 1 aliphatic rings. The van der Waals surface area contributed by atoms with Gasteiger partial charge in [0, 0.05) is 22.8 Å². The van der Waals surface area contributed by atoms with Crippen LogP contribution in [0.3, 0.4) is 0 Å². The Morgan fingerprint density at radius 2 is 2.05 bits per heavy atom. The molecule has 0 radical (unpaired) electrons. The molecule has 0 bridgehead atoms. The summed E-state index contributed by atoms with van der Waals surface area (Å²) >= 11 is 6.10. The molecule has 20 heavy (non-hydrogen) atoms. The number of nitrogens with zero attached hydrogens (tertiary/aromatic N) is 1. The van der Waals surface area contributed by atoms with Gasteiger partial charge in [-0.05, 0) is 37.5 Å². The summed E-state index contributed by atoms with van der Waals surface area (Å²) in [6, 6.07) is 5.83. The van der Waals surface area contributed by atoms with E-state index in [1.54, 1.807) is 0 Å². The van der Waals surface area contributed by atoms with Crippen LogP contribution in [0.4, 0.5) is 0 Å². The summed E-state index contributed by atoms with van der Waals surface area (Å²) in [4.78, 5) is 4.80. The zero-order valence-electron chi connectivity index (χ0n) is 12.3. The second-order valence-electron chi connectivity index (χ2n) is 5.34. The maximum atomic E-state index is 6.10. The van der Waals surface area contributed by atoms with Crippen LogP contribution < -0.4 is 4.74 Å². The molecule has 0 atom stereocenters. The number of rotatable bonds is 6. The highest BCUT2D eigenvalue weighted by molar-refractivity contribution is 6.31. The molecule has 0 saturated carbocycles. The molecule has 0 saturated heterocycles. The van der Waals surface area contributed by atoms with Crippen molar-refractivity contribution < 1.29 is 4.74 Å². The lowest BCUT2D eigenvalue weighted by atomic mass is 10.1. The number of unbranched alkanes of at least 4 members (excludes halogenated alkanes) is 4. The zero-order valence-corrected chi connectivity index (χ0v) is 13.1. The summed E-state index contributed by atoms with van der Waals surface area (Å²) in [5.74, 6) is 0.927. The molecule has 2 nitrogen and oxygen atoms in total. The van der Waals surface area contributed by atoms with Crippen molar-refractivity contribution >= 4 is 17.3 Å². The minimum Gasteiger partial charge on any atom is -0.493 e. The summed E-state index contributed by atoms with van der Waals surface area (Å²) in [7, 11) is 0. The van der Waals surface area contributed by atoms with Gasteiger partial charge in [0.1, 0.15) is 5.75 Å². The monoisotopic (exact) mass is 293 g/mol. The summed E-state index contributed by atoms with van der Waals surface area (Å²) in [6.45, 7) is 3.93. The van der Waals surface area contributed by atoms with Crippen LogP contribution in [-0.4, -0.2) is 18.9 Å². The van der Waals surface area contributed by atoms with Crippen molar-refractivity contribution in [1.82, 2.24) is 0 Å². The van der Waals surface area contributed by atoms with Crippen LogP contribution in [0.15, 0.2) is 23.2 Å². The van der Waals surface area contributed by atoms with E-state index in [-0.39, 0.29) is 0 Å². The molecular weight excluding hydrogens is 270 g/mol. The van der Waals surface area contributed by atoms with Crippen molar-refractivity contribution in [2.24, 2.45) is 4.99 Å². The van der Waals surface area contributed by atoms with Crippen LogP contribution in [0.2, 0.25) is 5.02 Å². The Morgan fingerprint density at radius 1 is 1.20 bits per heavy atom. The van der Waals surface area contributed by atoms with Crippen molar-refractivity contribution in [3.05, 3.63) is 28.8 Å². The van der Waals surface area contributed by atoms with E-state index in [0.717, 1.165) is 48.0 Å². The fraction of sp³-hybridized carbons (Fsp3) is 0.588. The topological polar surface area (TPSA) is 21.6 Å². The third kappa shape index (κ3) is 4.52. The predicted molar refractivity (Wildman–Crippen MR) is 86.3 cm³/mol. The van der Waals surface area contributed by atoms with Gasteiger partial charge >= 0.3 is 0 Å². The first kappa shape index (κ1) is 15.4. The van der Waals surface area contributed by atoms with Gasteiger partial charge in [-0.1, -0.05) is 44.2 Å². The van der Waals surface area contributed by atoms with E-state index in [9.17, 15) is 0 Å². The van der Waals surface area contributed by atoms with Gasteiger partial charge in [-0.25, -0.2) is 0 Å². The minimum absolute atomic E-state index is 0.755. The predicted octanol–water partition coefficient (Wildman–Crippen LogP) is 5.27. The van der Waals surface area contributed by atoms with Crippen LogP contribution in [0.1, 0.15) is 57.4 Å². The van der Waals surface area contributed by atoms with Gasteiger partial charge in [-0.3, -0.25) is 4.99 Å². The SMILES string of the molecule is CCCCCCCN=C1CCCOc2ccc(Cl)cc21. The van der Waals surface area contributed by atoms with E-state index in [1.807, 2.05) is 18.2 Å². The smallest absolute Gasteiger partial charge is 0.128 e. The first-order valence-electron chi connectivity index (χ1n) is 7.77. The van der Waals surface area contributed by atoms with Gasteiger partial charge in [0.2, 0.25) is 0 Å². The number of hydrogen-bond acceptors (Lipinski definition) is 2. The highest BCUT2D eigenvalue weighted by Crippen LogP contribution is 2.27. The molecule has 0 N–H and O–H groups in total. The van der Waals surface area contributed by atoms with Crippen molar-refractivity contribution in [1.29, 1.82) is 0 Å². The summed E-state index contributed by atoms with van der Waals surface area (Å²) in [5, 5.41) is 0.755. The van der Waals surface area contributed by atoms with Crippen molar-refractivity contribution in [3.8, 4) is 5.75 Å². The third-order valence-corrected chi connectivity index (χ3v) is 3.87. The molecule has 1 aliphatic heterocycles. The maximum Gasteiger partial charge on any atom is 0.128 e. The highest BCUT2D eigenvalue weighted by atomic mass is 35.5. The number of benzene rings is 1. The lowest BCUT2D eigenvalue weighted by Gasteiger charge is -2.08. The van der Waals surface area contributed by atoms with E-state index in [0.29, 0.717) is 0 Å². The van der Waals surface area contributed by atoms with Crippen LogP contribution in [0, 0.1) is 0 Å². The molecular formula is C17H24ClNO. The Labute approximate surface area is 127 Å². The number of aliphatic imine (C=N–C) groups is 1. The normalized spacial score (nSPS) is 16.6. The quantitative estimate of drug-likeness (QED) is 0.655. The Hall–Kier alpha value is -1.02. The Kier molecular flexibility index (Phi) is 6.38. The highest BCUT2D eigenvalue weighted by Gasteiger charge is 2.15. The van der Waals surface area contributed by atoms with Gasteiger partial charge < -0.3 is 4.74 Å². The number of halogens is 1. The van der Waals surface area contributed by atoms with Gasteiger partial charge in [-0.15, -0.1) is 0 Å². The standard InChI is InChI=1S/C17H24ClNO/c1-2-3-4-5-6-11-19-16-8-7-12-20-17-10-9-14(18)13-15(16)17/h9-10,13H,2-8,11-12H2,1H3. The van der Waals surface area contributed by atoms with E-state index in [2.05, 4.69) is 6.92 Å². The van der Waals surface area contributed by atoms with Crippen LogP contribution in [-0.2, 0) is 0 Å². The van der Waals surface area contributed by atoms with Gasteiger partial charge in [0.15, 0.2) is 0 Å². The molecule has 1 aromatic rings. The Balaban J connectivity index is 1.98. The molecule has 0 unspecified atom stereocenters. The molecule has 1 heterocycles. The van der Waals surface area contributed by atoms with Crippen LogP contribution in [0.5, 0.6) is 5.75 Å². The van der Waals surface area contributed by atoms with E-state index < -0.39 is 0 Å². The number of ether oxygens (including phenoxy) is 1. The number of hydrogen-bond donors (Lipinski definition) is 0. The van der Waals surface area contributed by atoms with Crippen LogP contribution >= 0.6 is 11.6 Å². The molecule has 3 heteroatoms. The lowest BCUT2D eigenvalue weighted by Crippen LogP contribution is -2.01. The minimum atomic E-state index is 0.755. The first-order valence-corrected chi connectivity index (χ1v) is 8.15. The summed E-state index contributed by atoms with van der Waals surface area (Å²) < 4.78 is 5.75. The molecule has 1 aromatic carbocycles. The fourth-order valence-corrected chi connectivity index (χ4v) is 2.68. The maximum absolute atomic E-state index is 6.10. The molecule has 0 aliphatic carbocycles. The van der Waals surface area contributed by atoms with Crippen molar-refractivity contribution in [2.45, 2.75) is 51.9 Å². The average Bonchev–Trinajstić information content (AvgIpc) is 2.65. The van der Waals surface area contributed by atoms with Gasteiger partial charge in [0.25, 0.3) is 0 Å². The molecule has 110 valence electrons. The second-order valence-corrected chi connectivity index (χ2v) is 5.77. The second kappa shape index (κ2) is 8.31. The van der Waals surface area contributed by atoms with Gasteiger partial charge in [-0.2, -0.15) is 0 Å². The lowest BCUT2D eigenvalue weighted by molar-refractivity contribution is 0.318. The molecule has 0 spiro atoms. The van der Waals surface area contributed by atoms with E-state index >= 15 is 0 Å². The Bertz CT molecular complexity index is 456. The van der Waals surface area contributed by atoms with E-state index in [1.165, 1.54) is 32.1 Å². The zero-order chi connectivity index (χ0) is 14.2. The Morgan fingerprint density at radius 3 is 2.90 bits per heavy atom. The molecule has 0 fully saturated rings. The van der Waals surface area contributed by atoms with Crippen molar-refractivity contribution in [2.75, 3.05) is 13.2 Å². The van der Waals surface area contributed by atoms with Crippen molar-refractivity contribution in [3.63, 3.8) is 0 Å².